The van der Waals surface area contributed by atoms with Crippen molar-refractivity contribution < 1.29 is 14.1 Å². The summed E-state index contributed by atoms with van der Waals surface area (Å²) < 4.78 is 14.2. The Morgan fingerprint density at radius 3 is 2.69 bits per heavy atom. The largest absolute Gasteiger partial charge is 0.369 e. The van der Waals surface area contributed by atoms with E-state index in [1.54, 1.807) is 12.1 Å². The van der Waals surface area contributed by atoms with Crippen molar-refractivity contribution in [1.29, 1.82) is 0 Å². The van der Waals surface area contributed by atoms with E-state index in [4.69, 9.17) is 0 Å². The van der Waals surface area contributed by atoms with Gasteiger partial charge in [-0.2, -0.15) is 5.10 Å². The lowest BCUT2D eigenvalue weighted by molar-refractivity contribution is -0.384. The number of hydrazone groups is 1. The molecule has 26 heavy (non-hydrogen) atoms. The Bertz CT molecular complexity index is 863. The van der Waals surface area contributed by atoms with E-state index in [0.717, 1.165) is 32.0 Å². The van der Waals surface area contributed by atoms with Gasteiger partial charge in [0.1, 0.15) is 5.82 Å². The van der Waals surface area contributed by atoms with Gasteiger partial charge in [-0.15, -0.1) is 0 Å². The van der Waals surface area contributed by atoms with Gasteiger partial charge in [-0.1, -0.05) is 12.1 Å². The fraction of sp³-hybridized carbons (Fsp3) is 0.222. The van der Waals surface area contributed by atoms with Gasteiger partial charge >= 0.3 is 0 Å². The summed E-state index contributed by atoms with van der Waals surface area (Å²) in [5.41, 5.74) is 3.29. The van der Waals surface area contributed by atoms with E-state index < -0.39 is 10.8 Å². The van der Waals surface area contributed by atoms with Gasteiger partial charge in [0.05, 0.1) is 16.8 Å². The highest BCUT2D eigenvalue weighted by molar-refractivity contribution is 5.95. The lowest BCUT2D eigenvalue weighted by Crippen LogP contribution is -2.19. The molecule has 0 radical (unpaired) electrons. The zero-order valence-electron chi connectivity index (χ0n) is 13.9. The van der Waals surface area contributed by atoms with E-state index in [2.05, 4.69) is 10.5 Å². The van der Waals surface area contributed by atoms with E-state index in [-0.39, 0.29) is 17.1 Å². The van der Waals surface area contributed by atoms with Gasteiger partial charge in [-0.05, 0) is 36.6 Å². The molecule has 7 nitrogen and oxygen atoms in total. The molecule has 8 heteroatoms. The Balaban J connectivity index is 1.64. The number of carbonyl (C=O) groups is 1. The predicted octanol–water partition coefficient (Wildman–Crippen LogP) is 3.10. The van der Waals surface area contributed by atoms with Crippen molar-refractivity contribution in [3.63, 3.8) is 0 Å². The second-order valence-electron chi connectivity index (χ2n) is 5.91. The zero-order valence-corrected chi connectivity index (χ0v) is 13.9. The van der Waals surface area contributed by atoms with Crippen molar-refractivity contribution in [3.8, 4) is 0 Å². The monoisotopic (exact) mass is 356 g/mol. The summed E-state index contributed by atoms with van der Waals surface area (Å²) in [5, 5.41) is 14.5. The molecule has 1 saturated heterocycles. The number of hydrogen-bond acceptors (Lipinski definition) is 5. The average Bonchev–Trinajstić information content (AvgIpc) is 3.16. The van der Waals surface area contributed by atoms with Crippen LogP contribution in [0.3, 0.4) is 0 Å². The van der Waals surface area contributed by atoms with E-state index in [0.29, 0.717) is 11.3 Å². The van der Waals surface area contributed by atoms with Crippen LogP contribution in [0.25, 0.3) is 0 Å². The molecule has 1 N–H and O–H groups in total. The maximum Gasteiger partial charge on any atom is 0.271 e. The molecule has 2 aromatic rings. The first-order chi connectivity index (χ1) is 12.5. The van der Waals surface area contributed by atoms with Crippen LogP contribution < -0.4 is 10.3 Å². The van der Waals surface area contributed by atoms with Gasteiger partial charge in [0.2, 0.25) is 0 Å². The van der Waals surface area contributed by atoms with Crippen molar-refractivity contribution in [1.82, 2.24) is 5.43 Å². The molecule has 1 aliphatic rings. The molecule has 0 atom stereocenters. The molecule has 1 amide bonds. The van der Waals surface area contributed by atoms with Crippen LogP contribution in [0.2, 0.25) is 0 Å². The minimum absolute atomic E-state index is 0.118. The fourth-order valence-electron chi connectivity index (χ4n) is 2.81. The van der Waals surface area contributed by atoms with Crippen LogP contribution in [0, 0.1) is 15.9 Å². The third-order valence-electron chi connectivity index (χ3n) is 4.12. The van der Waals surface area contributed by atoms with E-state index in [1.807, 2.05) is 4.90 Å². The number of nitro benzene ring substituents is 1. The summed E-state index contributed by atoms with van der Waals surface area (Å²) in [6, 6.07) is 10.1. The Morgan fingerprint density at radius 2 is 2.00 bits per heavy atom. The van der Waals surface area contributed by atoms with Crippen molar-refractivity contribution in [3.05, 3.63) is 69.5 Å². The molecule has 0 aliphatic carbocycles. The number of rotatable bonds is 5. The molecule has 0 saturated carbocycles. The van der Waals surface area contributed by atoms with Crippen LogP contribution >= 0.6 is 0 Å². The van der Waals surface area contributed by atoms with Gasteiger partial charge in [0.15, 0.2) is 0 Å². The molecular formula is C18H17FN4O3. The number of nitro groups is 1. The number of halogens is 1. The van der Waals surface area contributed by atoms with Crippen LogP contribution in [0.4, 0.5) is 15.8 Å². The summed E-state index contributed by atoms with van der Waals surface area (Å²) in [6.45, 7) is 1.70. The number of benzene rings is 2. The Labute approximate surface area is 149 Å². The normalized spacial score (nSPS) is 14.0. The maximum absolute atomic E-state index is 14.2. The summed E-state index contributed by atoms with van der Waals surface area (Å²) >= 11 is 0. The topological polar surface area (TPSA) is 87.8 Å². The number of carbonyl (C=O) groups excluding carboxylic acids is 1. The molecule has 1 fully saturated rings. The van der Waals surface area contributed by atoms with Crippen molar-refractivity contribution >= 4 is 23.5 Å². The van der Waals surface area contributed by atoms with Crippen molar-refractivity contribution in [2.75, 3.05) is 18.0 Å². The van der Waals surface area contributed by atoms with Crippen LogP contribution in [-0.2, 0) is 0 Å². The second-order valence-corrected chi connectivity index (χ2v) is 5.91. The summed E-state index contributed by atoms with van der Waals surface area (Å²) in [7, 11) is 0. The lowest BCUT2D eigenvalue weighted by Gasteiger charge is -2.18. The highest BCUT2D eigenvalue weighted by Crippen LogP contribution is 2.24. The first kappa shape index (κ1) is 17.5. The van der Waals surface area contributed by atoms with Gasteiger partial charge in [-0.25, -0.2) is 9.82 Å². The minimum Gasteiger partial charge on any atom is -0.369 e. The Hall–Kier alpha value is -3.29. The molecule has 3 rings (SSSR count). The predicted molar refractivity (Wildman–Crippen MR) is 96.0 cm³/mol. The first-order valence-electron chi connectivity index (χ1n) is 8.17. The summed E-state index contributed by atoms with van der Waals surface area (Å²) in [6.07, 6.45) is 3.45. The second kappa shape index (κ2) is 7.73. The first-order valence-corrected chi connectivity index (χ1v) is 8.17. The SMILES string of the molecule is O=C(N/N=C\c1ccc(N2CCCC2)c(F)c1)c1cccc([N+](=O)[O-])c1. The Morgan fingerprint density at radius 1 is 1.23 bits per heavy atom. The molecule has 0 bridgehead atoms. The van der Waals surface area contributed by atoms with E-state index in [1.165, 1.54) is 30.5 Å². The molecule has 0 spiro atoms. The van der Waals surface area contributed by atoms with Gasteiger partial charge < -0.3 is 4.90 Å². The van der Waals surface area contributed by atoms with Crippen LogP contribution in [0.5, 0.6) is 0 Å². The Kier molecular flexibility index (Phi) is 5.21. The number of hydrogen-bond donors (Lipinski definition) is 1. The van der Waals surface area contributed by atoms with Gasteiger partial charge in [0, 0.05) is 30.8 Å². The molecule has 0 unspecified atom stereocenters. The third-order valence-corrected chi connectivity index (χ3v) is 4.12. The lowest BCUT2D eigenvalue weighted by atomic mass is 10.2. The average molecular weight is 356 g/mol. The van der Waals surface area contributed by atoms with E-state index >= 15 is 0 Å². The molecule has 134 valence electrons. The number of amides is 1. The molecule has 1 aliphatic heterocycles. The highest BCUT2D eigenvalue weighted by atomic mass is 19.1. The van der Waals surface area contributed by atoms with Gasteiger partial charge in [0.25, 0.3) is 11.6 Å². The number of non-ortho nitro benzene ring substituents is 1. The fourth-order valence-corrected chi connectivity index (χ4v) is 2.81. The van der Waals surface area contributed by atoms with Crippen LogP contribution in [-0.4, -0.2) is 30.1 Å². The molecule has 0 aromatic heterocycles. The minimum atomic E-state index is -0.584. The quantitative estimate of drug-likeness (QED) is 0.506. The van der Waals surface area contributed by atoms with Gasteiger partial charge in [-0.3, -0.25) is 14.9 Å². The standard InChI is InChI=1S/C18H17FN4O3/c19-16-10-13(6-7-17(16)22-8-1-2-9-22)12-20-21-18(24)14-4-3-5-15(11-14)23(25)26/h3-7,10-12H,1-2,8-9H2,(H,21,24)/b20-12-. The van der Waals surface area contributed by atoms with Crippen molar-refractivity contribution in [2.24, 2.45) is 5.10 Å². The van der Waals surface area contributed by atoms with Crippen molar-refractivity contribution in [2.45, 2.75) is 12.8 Å². The smallest absolute Gasteiger partial charge is 0.271 e. The van der Waals surface area contributed by atoms with E-state index in [9.17, 15) is 19.3 Å². The highest BCUT2D eigenvalue weighted by Gasteiger charge is 2.16. The number of nitrogens with one attached hydrogen (secondary N) is 1. The number of anilines is 1. The molecular weight excluding hydrogens is 339 g/mol. The molecule has 1 heterocycles. The number of nitrogens with zero attached hydrogens (tertiary/aromatic N) is 3. The van der Waals surface area contributed by atoms with Crippen LogP contribution in [0.1, 0.15) is 28.8 Å². The maximum atomic E-state index is 14.2. The zero-order chi connectivity index (χ0) is 18.5. The van der Waals surface area contributed by atoms with Crippen LogP contribution in [0.15, 0.2) is 47.6 Å². The summed E-state index contributed by atoms with van der Waals surface area (Å²) in [4.78, 5) is 24.1. The molecule has 2 aromatic carbocycles. The summed E-state index contributed by atoms with van der Waals surface area (Å²) in [5.74, 6) is -0.917. The third kappa shape index (κ3) is 4.02.